The van der Waals surface area contributed by atoms with Crippen LogP contribution >= 0.6 is 15.9 Å². The largest absolute Gasteiger partial charge is 0.363 e. The number of hydrogen-bond donors (Lipinski definition) is 1. The van der Waals surface area contributed by atoms with Crippen molar-refractivity contribution in [3.63, 3.8) is 0 Å². The first-order valence-corrected chi connectivity index (χ1v) is 8.05. The third-order valence-corrected chi connectivity index (χ3v) is 4.74. The normalized spacial score (nSPS) is 21.4. The van der Waals surface area contributed by atoms with E-state index in [4.69, 9.17) is 0 Å². The van der Waals surface area contributed by atoms with Crippen LogP contribution in [-0.2, 0) is 0 Å². The number of benzene rings is 1. The number of nitrogens with zero attached hydrogens (tertiary/aromatic N) is 1. The number of rotatable bonds is 5. The average Bonchev–Trinajstić information content (AvgIpc) is 2.73. The molecule has 1 heterocycles. The zero-order valence-electron chi connectivity index (χ0n) is 12.6. The first-order chi connectivity index (χ1) is 9.54. The number of halogens is 1. The number of anilines is 1. The van der Waals surface area contributed by atoms with E-state index in [9.17, 15) is 4.79 Å². The van der Waals surface area contributed by atoms with Gasteiger partial charge in [0.2, 0.25) is 0 Å². The van der Waals surface area contributed by atoms with Crippen molar-refractivity contribution in [3.8, 4) is 0 Å². The zero-order chi connectivity index (χ0) is 14.9. The van der Waals surface area contributed by atoms with E-state index in [0.717, 1.165) is 29.3 Å². The van der Waals surface area contributed by atoms with Crippen molar-refractivity contribution in [2.24, 2.45) is 0 Å². The summed E-state index contributed by atoms with van der Waals surface area (Å²) >= 11 is 3.66. The number of likely N-dealkylation sites (N-methyl/N-ethyl adjacent to an activating group) is 1. The molecular weight excluding hydrogens is 316 g/mol. The van der Waals surface area contributed by atoms with Crippen molar-refractivity contribution in [1.82, 2.24) is 5.32 Å². The van der Waals surface area contributed by atoms with Gasteiger partial charge in [-0.05, 0) is 60.9 Å². The van der Waals surface area contributed by atoms with Gasteiger partial charge >= 0.3 is 0 Å². The smallest absolute Gasteiger partial charge is 0.150 e. The van der Waals surface area contributed by atoms with Crippen LogP contribution in [0.5, 0.6) is 0 Å². The molecule has 3 nitrogen and oxygen atoms in total. The first kappa shape index (κ1) is 15.5. The second-order valence-electron chi connectivity index (χ2n) is 5.70. The predicted octanol–water partition coefficient (Wildman–Crippen LogP) is 3.57. The van der Waals surface area contributed by atoms with Crippen molar-refractivity contribution in [1.29, 1.82) is 0 Å². The van der Waals surface area contributed by atoms with Crippen molar-refractivity contribution in [2.75, 3.05) is 18.5 Å². The summed E-state index contributed by atoms with van der Waals surface area (Å²) in [5.41, 5.74) is 3.32. The highest BCUT2D eigenvalue weighted by atomic mass is 79.9. The van der Waals surface area contributed by atoms with E-state index in [1.807, 2.05) is 13.1 Å². The van der Waals surface area contributed by atoms with Crippen LogP contribution in [0, 0.1) is 0 Å². The SMILES string of the molecule is CCC1c2cc(C=O)cc(Br)c2N(C(C)C)C1CNC. The fraction of sp³-hybridized carbons (Fsp3) is 0.562. The van der Waals surface area contributed by atoms with Crippen LogP contribution in [0.15, 0.2) is 16.6 Å². The van der Waals surface area contributed by atoms with Crippen molar-refractivity contribution < 1.29 is 4.79 Å². The van der Waals surface area contributed by atoms with Crippen molar-refractivity contribution >= 4 is 27.9 Å². The van der Waals surface area contributed by atoms with Crippen LogP contribution < -0.4 is 10.2 Å². The lowest BCUT2D eigenvalue weighted by molar-refractivity contribution is 0.112. The van der Waals surface area contributed by atoms with Crippen LogP contribution in [0.4, 0.5) is 5.69 Å². The van der Waals surface area contributed by atoms with Gasteiger partial charge in [0.1, 0.15) is 6.29 Å². The summed E-state index contributed by atoms with van der Waals surface area (Å²) in [5, 5.41) is 3.32. The number of aldehydes is 1. The Hall–Kier alpha value is -0.870. The lowest BCUT2D eigenvalue weighted by Crippen LogP contribution is -2.44. The average molecular weight is 339 g/mol. The lowest BCUT2D eigenvalue weighted by atomic mass is 9.91. The highest BCUT2D eigenvalue weighted by molar-refractivity contribution is 9.10. The maximum Gasteiger partial charge on any atom is 0.150 e. The molecular formula is C16H23BrN2O. The standard InChI is InChI=1S/C16H23BrN2O/c1-5-12-13-6-11(9-20)7-14(17)16(13)19(10(2)3)15(12)8-18-4/h6-7,9-10,12,15,18H,5,8H2,1-4H3. The molecule has 0 saturated carbocycles. The summed E-state index contributed by atoms with van der Waals surface area (Å²) in [6, 6.07) is 4.86. The van der Waals surface area contributed by atoms with Gasteiger partial charge in [0.25, 0.3) is 0 Å². The molecule has 0 aliphatic carbocycles. The lowest BCUT2D eigenvalue weighted by Gasteiger charge is -2.34. The highest BCUT2D eigenvalue weighted by Crippen LogP contribution is 2.47. The van der Waals surface area contributed by atoms with Gasteiger partial charge in [-0.25, -0.2) is 0 Å². The van der Waals surface area contributed by atoms with E-state index >= 15 is 0 Å². The fourth-order valence-electron chi connectivity index (χ4n) is 3.42. The molecule has 1 aromatic rings. The molecule has 0 spiro atoms. The van der Waals surface area contributed by atoms with Crippen LogP contribution in [0.1, 0.15) is 49.0 Å². The number of carbonyl (C=O) groups excluding carboxylic acids is 1. The minimum Gasteiger partial charge on any atom is -0.363 e. The Morgan fingerprint density at radius 3 is 2.65 bits per heavy atom. The topological polar surface area (TPSA) is 32.3 Å². The summed E-state index contributed by atoms with van der Waals surface area (Å²) < 4.78 is 1.03. The highest BCUT2D eigenvalue weighted by Gasteiger charge is 2.39. The van der Waals surface area contributed by atoms with Gasteiger partial charge in [-0.1, -0.05) is 6.92 Å². The fourth-order valence-corrected chi connectivity index (χ4v) is 4.11. The molecule has 0 amide bonds. The third-order valence-electron chi connectivity index (χ3n) is 4.14. The number of carbonyl (C=O) groups is 1. The second-order valence-corrected chi connectivity index (χ2v) is 6.55. The molecule has 1 aromatic carbocycles. The number of fused-ring (bicyclic) bond motifs is 1. The quantitative estimate of drug-likeness (QED) is 0.833. The molecule has 0 fully saturated rings. The Morgan fingerprint density at radius 2 is 2.15 bits per heavy atom. The molecule has 0 bridgehead atoms. The maximum atomic E-state index is 11.1. The number of nitrogens with one attached hydrogen (secondary N) is 1. The van der Waals surface area contributed by atoms with E-state index in [0.29, 0.717) is 18.0 Å². The molecule has 0 saturated heterocycles. The van der Waals surface area contributed by atoms with E-state index in [1.54, 1.807) is 0 Å². The Labute approximate surface area is 129 Å². The van der Waals surface area contributed by atoms with Crippen molar-refractivity contribution in [2.45, 2.75) is 45.2 Å². The van der Waals surface area contributed by atoms with Gasteiger partial charge in [0, 0.05) is 34.6 Å². The second kappa shape index (κ2) is 6.27. The van der Waals surface area contributed by atoms with Crippen molar-refractivity contribution in [3.05, 3.63) is 27.7 Å². The minimum atomic E-state index is 0.432. The summed E-state index contributed by atoms with van der Waals surface area (Å²) in [6.45, 7) is 7.63. The van der Waals surface area contributed by atoms with Crippen LogP contribution in [-0.4, -0.2) is 32.0 Å². The predicted molar refractivity (Wildman–Crippen MR) is 87.9 cm³/mol. The Kier molecular flexibility index (Phi) is 4.86. The molecule has 4 heteroatoms. The summed E-state index contributed by atoms with van der Waals surface area (Å²) in [7, 11) is 2.00. The molecule has 1 aliphatic heterocycles. The monoisotopic (exact) mass is 338 g/mol. The third kappa shape index (κ3) is 2.51. The van der Waals surface area contributed by atoms with E-state index in [2.05, 4.69) is 53.0 Å². The molecule has 20 heavy (non-hydrogen) atoms. The van der Waals surface area contributed by atoms with E-state index in [1.165, 1.54) is 11.3 Å². The molecule has 0 radical (unpaired) electrons. The van der Waals surface area contributed by atoms with Crippen LogP contribution in [0.25, 0.3) is 0 Å². The van der Waals surface area contributed by atoms with Gasteiger partial charge in [0.15, 0.2) is 0 Å². The number of hydrogen-bond acceptors (Lipinski definition) is 3. The van der Waals surface area contributed by atoms with Gasteiger partial charge in [-0.15, -0.1) is 0 Å². The summed E-state index contributed by atoms with van der Waals surface area (Å²) in [4.78, 5) is 13.6. The van der Waals surface area contributed by atoms with E-state index < -0.39 is 0 Å². The summed E-state index contributed by atoms with van der Waals surface area (Å²) in [5.74, 6) is 0.469. The molecule has 0 aromatic heterocycles. The van der Waals surface area contributed by atoms with Gasteiger partial charge < -0.3 is 10.2 Å². The van der Waals surface area contributed by atoms with Gasteiger partial charge in [0.05, 0.1) is 5.69 Å². The zero-order valence-corrected chi connectivity index (χ0v) is 14.2. The van der Waals surface area contributed by atoms with Crippen LogP contribution in [0.3, 0.4) is 0 Å². The Bertz CT molecular complexity index is 501. The maximum absolute atomic E-state index is 11.1. The summed E-state index contributed by atoms with van der Waals surface area (Å²) in [6.07, 6.45) is 2.01. The molecule has 2 unspecified atom stereocenters. The minimum absolute atomic E-state index is 0.432. The van der Waals surface area contributed by atoms with Gasteiger partial charge in [-0.3, -0.25) is 4.79 Å². The van der Waals surface area contributed by atoms with Crippen LogP contribution in [0.2, 0.25) is 0 Å². The molecule has 1 aliphatic rings. The molecule has 2 rings (SSSR count). The Morgan fingerprint density at radius 1 is 1.45 bits per heavy atom. The van der Waals surface area contributed by atoms with E-state index in [-0.39, 0.29) is 0 Å². The van der Waals surface area contributed by atoms with Gasteiger partial charge in [-0.2, -0.15) is 0 Å². The Balaban J connectivity index is 2.59. The molecule has 110 valence electrons. The first-order valence-electron chi connectivity index (χ1n) is 7.26. The molecule has 1 N–H and O–H groups in total. The molecule has 2 atom stereocenters.